The molecule has 2 spiro atoms. The molecule has 2 saturated carbocycles. The molecule has 0 amide bonds. The zero-order chi connectivity index (χ0) is 33.5. The molecule has 4 aliphatic carbocycles. The Balaban J connectivity index is 1.09. The molecular weight excluding hydrogens is 620 g/mol. The van der Waals surface area contributed by atoms with Crippen molar-refractivity contribution >= 4 is 11.4 Å². The number of piperidine rings is 1. The molecule has 10 heteroatoms. The van der Waals surface area contributed by atoms with E-state index in [0.29, 0.717) is 76.0 Å². The lowest BCUT2D eigenvalue weighted by Gasteiger charge is -2.62. The van der Waals surface area contributed by atoms with Gasteiger partial charge in [0.2, 0.25) is 0 Å². The van der Waals surface area contributed by atoms with E-state index in [1.165, 1.54) is 0 Å². The highest BCUT2D eigenvalue weighted by Crippen LogP contribution is 2.66. The number of phenolic OH excluding ortho intramolecular Hbond substituents is 2. The van der Waals surface area contributed by atoms with E-state index in [0.717, 1.165) is 40.2 Å². The number of phenols is 2. The molecule has 2 aromatic rings. The van der Waals surface area contributed by atoms with Gasteiger partial charge in [-0.25, -0.2) is 0 Å². The van der Waals surface area contributed by atoms with Crippen molar-refractivity contribution in [2.45, 2.75) is 97.7 Å². The normalized spacial score (nSPS) is 40.3. The Morgan fingerprint density at radius 1 is 0.776 bits per heavy atom. The molecule has 8 aliphatic rings. The molecular formula is C39H42N4O6. The number of rotatable bonds is 5. The van der Waals surface area contributed by atoms with Crippen LogP contribution in [0.4, 0.5) is 0 Å². The zero-order valence-corrected chi connectivity index (χ0v) is 27.5. The number of hydrogen-bond donors (Lipinski definition) is 4. The fraction of sp³-hybridized carbons (Fsp3) is 0.487. The van der Waals surface area contributed by atoms with Crippen LogP contribution in [-0.2, 0) is 23.7 Å². The minimum atomic E-state index is -1.14. The molecule has 3 fully saturated rings. The fourth-order valence-electron chi connectivity index (χ4n) is 11.8. The highest BCUT2D eigenvalue weighted by molar-refractivity contribution is 5.98. The molecule has 10 nitrogen and oxygen atoms in total. The van der Waals surface area contributed by atoms with Crippen LogP contribution in [0.1, 0.15) is 60.8 Å². The van der Waals surface area contributed by atoms with Crippen molar-refractivity contribution in [3.8, 4) is 23.0 Å². The monoisotopic (exact) mass is 662 g/mol. The largest absolute Gasteiger partial charge is 0.504 e. The summed E-state index contributed by atoms with van der Waals surface area (Å²) in [6, 6.07) is 7.04. The topological polar surface area (TPSA) is 131 Å². The maximum absolute atomic E-state index is 12.9. The summed E-state index contributed by atoms with van der Waals surface area (Å²) in [4.78, 5) is 4.52. The average molecular weight is 663 g/mol. The standard InChI is InChI=1S/C39H42N4O6/c1-3-16-42-18-5-12-36-30-22-6-8-26(44)32(30)48-34(36)24(10-13-38(36,46)28(42)20-22)40-41-25-11-14-39(47)29-21-23-7-9-27(45)33-31(23)37(39,35(25)49-33)15-19-43(29)17-4-2/h3-9,18,28-29,34-35,44-47H,1-2,10-17,19-21H2/b40-24+,41-25+/t28?,29?,34?,35?,36-,37-,38?,39?/m0/s1. The minimum Gasteiger partial charge on any atom is -0.504 e. The molecule has 4 heterocycles. The van der Waals surface area contributed by atoms with Crippen molar-refractivity contribution in [1.29, 1.82) is 0 Å². The van der Waals surface area contributed by atoms with Crippen LogP contribution >= 0.6 is 0 Å². The lowest BCUT2D eigenvalue weighted by Crippen LogP contribution is -2.76. The third-order valence-corrected chi connectivity index (χ3v) is 13.7. The molecule has 0 radical (unpaired) electrons. The third kappa shape index (κ3) is 3.34. The zero-order valence-electron chi connectivity index (χ0n) is 27.5. The van der Waals surface area contributed by atoms with E-state index in [2.05, 4.69) is 35.2 Å². The van der Waals surface area contributed by atoms with E-state index in [-0.39, 0.29) is 23.6 Å². The van der Waals surface area contributed by atoms with Crippen LogP contribution < -0.4 is 9.47 Å². The molecule has 6 unspecified atom stereocenters. The van der Waals surface area contributed by atoms with Gasteiger partial charge in [-0.05, 0) is 80.8 Å². The van der Waals surface area contributed by atoms with Gasteiger partial charge in [-0.1, -0.05) is 30.4 Å². The van der Waals surface area contributed by atoms with Crippen LogP contribution in [0.2, 0.25) is 0 Å². The van der Waals surface area contributed by atoms with Crippen LogP contribution in [0, 0.1) is 0 Å². The Bertz CT molecular complexity index is 1940. The van der Waals surface area contributed by atoms with Crippen LogP contribution in [0.25, 0.3) is 0 Å². The Labute approximate surface area is 285 Å². The number of allylic oxidation sites excluding steroid dienone is 1. The van der Waals surface area contributed by atoms with Gasteiger partial charge in [0.1, 0.15) is 0 Å². The Morgan fingerprint density at radius 2 is 1.35 bits per heavy atom. The maximum Gasteiger partial charge on any atom is 0.166 e. The van der Waals surface area contributed by atoms with Crippen LogP contribution in [0.3, 0.4) is 0 Å². The number of hydrogen-bond acceptors (Lipinski definition) is 10. The summed E-state index contributed by atoms with van der Waals surface area (Å²) < 4.78 is 13.4. The Hall–Kier alpha value is -4.12. The van der Waals surface area contributed by atoms with Crippen molar-refractivity contribution in [2.75, 3.05) is 19.6 Å². The first-order chi connectivity index (χ1) is 23.7. The van der Waals surface area contributed by atoms with Crippen molar-refractivity contribution < 1.29 is 29.9 Å². The molecule has 49 heavy (non-hydrogen) atoms. The summed E-state index contributed by atoms with van der Waals surface area (Å²) >= 11 is 0. The molecule has 1 saturated heterocycles. The summed E-state index contributed by atoms with van der Waals surface area (Å²) in [5.41, 5.74) is 1.66. The minimum absolute atomic E-state index is 0.0678. The second-order valence-electron chi connectivity index (χ2n) is 15.4. The number of nitrogens with zero attached hydrogens (tertiary/aromatic N) is 4. The van der Waals surface area contributed by atoms with Gasteiger partial charge in [0, 0.05) is 36.8 Å². The summed E-state index contributed by atoms with van der Waals surface area (Å²) in [7, 11) is 0. The summed E-state index contributed by atoms with van der Waals surface area (Å²) in [6.45, 7) is 10.0. The van der Waals surface area contributed by atoms with Gasteiger partial charge in [-0.2, -0.15) is 10.2 Å². The number of aliphatic hydroxyl groups is 2. The number of benzene rings is 2. The average Bonchev–Trinajstić information content (AvgIpc) is 3.61. The summed E-state index contributed by atoms with van der Waals surface area (Å²) in [5.74, 6) is 1.05. The van der Waals surface area contributed by atoms with E-state index in [1.807, 2.05) is 24.3 Å². The smallest absolute Gasteiger partial charge is 0.166 e. The summed E-state index contributed by atoms with van der Waals surface area (Å²) in [5, 5.41) is 57.6. The number of ether oxygens (including phenoxy) is 2. The van der Waals surface area contributed by atoms with Gasteiger partial charge in [-0.3, -0.25) is 4.90 Å². The SMILES string of the molecule is C=CCN1C=CC[C@]23c4c5ccc(O)c4OC2/C(=N/N=C2\CCC4(O)C6Cc7ccc(O)c8c7[C@@]4(CCN6CC=C)C2O8)CCC3(O)C1C5. The van der Waals surface area contributed by atoms with E-state index in [9.17, 15) is 20.4 Å². The predicted molar refractivity (Wildman–Crippen MR) is 184 cm³/mol. The van der Waals surface area contributed by atoms with Crippen molar-refractivity contribution in [1.82, 2.24) is 9.80 Å². The van der Waals surface area contributed by atoms with E-state index in [1.54, 1.807) is 12.1 Å². The van der Waals surface area contributed by atoms with Crippen molar-refractivity contribution in [3.05, 3.63) is 84.1 Å². The molecule has 4 aliphatic heterocycles. The first kappa shape index (κ1) is 29.8. The first-order valence-electron chi connectivity index (χ1n) is 17.7. The van der Waals surface area contributed by atoms with Gasteiger partial charge in [0.15, 0.2) is 35.2 Å². The highest BCUT2D eigenvalue weighted by atomic mass is 16.5. The van der Waals surface area contributed by atoms with E-state index >= 15 is 0 Å². The molecule has 2 aromatic carbocycles. The second kappa shape index (κ2) is 9.77. The quantitative estimate of drug-likeness (QED) is 0.281. The predicted octanol–water partition coefficient (Wildman–Crippen LogP) is 3.79. The van der Waals surface area contributed by atoms with Gasteiger partial charge in [0.05, 0.1) is 39.5 Å². The molecule has 8 atom stereocenters. The lowest BCUT2D eigenvalue weighted by molar-refractivity contribution is -0.163. The maximum atomic E-state index is 12.9. The second-order valence-corrected chi connectivity index (χ2v) is 15.4. The number of likely N-dealkylation sites (tertiary alicyclic amines) is 1. The third-order valence-electron chi connectivity index (χ3n) is 13.7. The van der Waals surface area contributed by atoms with Crippen LogP contribution in [0.5, 0.6) is 23.0 Å². The van der Waals surface area contributed by atoms with Crippen molar-refractivity contribution in [2.24, 2.45) is 10.2 Å². The molecule has 10 rings (SSSR count). The van der Waals surface area contributed by atoms with Gasteiger partial charge in [-0.15, -0.1) is 13.2 Å². The van der Waals surface area contributed by atoms with Gasteiger partial charge >= 0.3 is 0 Å². The number of aromatic hydroxyl groups is 2. The summed E-state index contributed by atoms with van der Waals surface area (Å²) in [6.07, 6.45) is 11.2. The molecule has 4 bridgehead atoms. The van der Waals surface area contributed by atoms with Crippen LogP contribution in [-0.4, -0.2) is 96.8 Å². The van der Waals surface area contributed by atoms with E-state index < -0.39 is 34.2 Å². The van der Waals surface area contributed by atoms with Crippen molar-refractivity contribution in [3.63, 3.8) is 0 Å². The highest BCUT2D eigenvalue weighted by Gasteiger charge is 2.73. The fourth-order valence-corrected chi connectivity index (χ4v) is 11.8. The lowest BCUT2D eigenvalue weighted by atomic mass is 9.49. The molecule has 254 valence electrons. The van der Waals surface area contributed by atoms with Gasteiger partial charge < -0.3 is 34.8 Å². The van der Waals surface area contributed by atoms with E-state index in [4.69, 9.17) is 19.7 Å². The molecule has 0 aromatic heterocycles. The molecule has 4 N–H and O–H groups in total. The Morgan fingerprint density at radius 3 is 1.98 bits per heavy atom. The Kier molecular flexibility index (Phi) is 5.93. The first-order valence-corrected chi connectivity index (χ1v) is 17.7. The van der Waals surface area contributed by atoms with Gasteiger partial charge in [0.25, 0.3) is 0 Å². The van der Waals surface area contributed by atoms with Crippen LogP contribution in [0.15, 0.2) is 72.1 Å².